The first-order valence-electron chi connectivity index (χ1n) is 15.0. The fraction of sp³-hybridized carbons (Fsp3) is 0.606. The smallest absolute Gasteiger partial charge is 0.338 e. The summed E-state index contributed by atoms with van der Waals surface area (Å²) in [5.41, 5.74) is -6.50. The number of rotatable bonds is 5. The van der Waals surface area contributed by atoms with Crippen molar-refractivity contribution < 1.29 is 57.9 Å². The molecule has 2 N–H and O–H groups in total. The number of carbonyl (C=O) groups excluding carboxylic acids is 5. The number of ether oxygens (including phenoxy) is 5. The van der Waals surface area contributed by atoms with E-state index >= 15 is 0 Å². The topological polar surface area (TPSA) is 172 Å². The van der Waals surface area contributed by atoms with Crippen molar-refractivity contribution in [3.63, 3.8) is 0 Å². The van der Waals surface area contributed by atoms with Gasteiger partial charge >= 0.3 is 23.9 Å². The summed E-state index contributed by atoms with van der Waals surface area (Å²) in [5, 5.41) is 24.9. The molecule has 5 rings (SSSR count). The quantitative estimate of drug-likeness (QED) is 0.277. The van der Waals surface area contributed by atoms with Crippen LogP contribution in [0.2, 0.25) is 0 Å². The predicted molar refractivity (Wildman–Crippen MR) is 154 cm³/mol. The highest BCUT2D eigenvalue weighted by Gasteiger charge is 2.78. The molecular formula is C33H40O12. The van der Waals surface area contributed by atoms with Crippen molar-refractivity contribution in [2.75, 3.05) is 6.61 Å². The fourth-order valence-corrected chi connectivity index (χ4v) is 8.22. The molecule has 3 fully saturated rings. The number of hydrogen-bond donors (Lipinski definition) is 2. The third-order valence-electron chi connectivity index (χ3n) is 10.5. The van der Waals surface area contributed by atoms with Crippen LogP contribution in [0, 0.1) is 16.7 Å². The highest BCUT2D eigenvalue weighted by Crippen LogP contribution is 2.64. The summed E-state index contributed by atoms with van der Waals surface area (Å²) in [6, 6.07) is 8.01. The van der Waals surface area contributed by atoms with Gasteiger partial charge in [-0.05, 0) is 37.1 Å². The van der Waals surface area contributed by atoms with Crippen LogP contribution in [0.3, 0.4) is 0 Å². The highest BCUT2D eigenvalue weighted by molar-refractivity contribution is 5.95. The Balaban J connectivity index is 1.86. The Hall–Kier alpha value is -3.61. The monoisotopic (exact) mass is 628 g/mol. The Bertz CT molecular complexity index is 1460. The molecule has 0 radical (unpaired) electrons. The fourth-order valence-electron chi connectivity index (χ4n) is 8.22. The van der Waals surface area contributed by atoms with Crippen LogP contribution in [0.4, 0.5) is 0 Å². The van der Waals surface area contributed by atoms with Gasteiger partial charge in [0.25, 0.3) is 0 Å². The molecule has 0 unspecified atom stereocenters. The van der Waals surface area contributed by atoms with Crippen LogP contribution in [0.5, 0.6) is 0 Å². The zero-order valence-electron chi connectivity index (χ0n) is 26.4. The van der Waals surface area contributed by atoms with Crippen molar-refractivity contribution in [2.45, 2.75) is 103 Å². The van der Waals surface area contributed by atoms with Gasteiger partial charge in [-0.15, -0.1) is 0 Å². The average Bonchev–Trinajstić information content (AvgIpc) is 2.94. The van der Waals surface area contributed by atoms with Crippen LogP contribution in [0.1, 0.15) is 71.7 Å². The van der Waals surface area contributed by atoms with Gasteiger partial charge in [-0.1, -0.05) is 32.0 Å². The average molecular weight is 629 g/mol. The second-order valence-electron chi connectivity index (χ2n) is 13.4. The standard InChI is InChI=1S/C33H40O12/c1-16-21(42-17(2)34)14-33(40)28(44-29(39)20-11-9-8-10-12-20)26-31(7,22(37)13-23-32(26,15-41-23)45-19(4)36)27(38)25(43-18(3)35)24(16)30(33,5)6/h8-12,21-23,25-26,28,37,40H,13-15H2,1-7H3/t21-,22+,23+,25+,26-,28-,31+,32-,33+/m0/s1. The molecule has 1 aromatic rings. The maximum atomic E-state index is 15.0. The first-order chi connectivity index (χ1) is 20.9. The van der Waals surface area contributed by atoms with E-state index < -0.39 is 88.1 Å². The number of aliphatic hydroxyl groups is 2. The minimum atomic E-state index is -2.15. The number of aliphatic hydroxyl groups excluding tert-OH is 1. The SMILES string of the molecule is CC(=O)O[C@H]1C(=O)[C@]2(C)[C@H](O)C[C@H]3OC[C@@]3(OC(C)=O)[C@H]2[C@H](OC(=O)c2ccccc2)[C@]2(O)C[C@H](OC(C)=O)C(C)=C1C2(C)C. The lowest BCUT2D eigenvalue weighted by Gasteiger charge is -2.67. The van der Waals surface area contributed by atoms with Gasteiger partial charge in [0, 0.05) is 39.0 Å². The summed E-state index contributed by atoms with van der Waals surface area (Å²) >= 11 is 0. The third-order valence-corrected chi connectivity index (χ3v) is 10.5. The molecule has 244 valence electrons. The summed E-state index contributed by atoms with van der Waals surface area (Å²) in [7, 11) is 0. The molecule has 12 nitrogen and oxygen atoms in total. The minimum absolute atomic E-state index is 0.131. The normalized spacial score (nSPS) is 38.3. The number of hydrogen-bond acceptors (Lipinski definition) is 12. The molecule has 2 bridgehead atoms. The van der Waals surface area contributed by atoms with Gasteiger partial charge in [0.05, 0.1) is 29.6 Å². The van der Waals surface area contributed by atoms with Crippen LogP contribution in [0.25, 0.3) is 0 Å². The van der Waals surface area contributed by atoms with E-state index in [1.165, 1.54) is 32.9 Å². The number of ketones is 1. The maximum Gasteiger partial charge on any atom is 0.338 e. The van der Waals surface area contributed by atoms with E-state index in [9.17, 15) is 34.2 Å². The van der Waals surface area contributed by atoms with Crippen molar-refractivity contribution in [3.8, 4) is 0 Å². The number of esters is 4. The Morgan fingerprint density at radius 3 is 2.09 bits per heavy atom. The lowest BCUT2D eigenvalue weighted by atomic mass is 9.44. The number of fused-ring (bicyclic) bond motifs is 5. The van der Waals surface area contributed by atoms with E-state index in [0.29, 0.717) is 5.57 Å². The predicted octanol–water partition coefficient (Wildman–Crippen LogP) is 2.22. The van der Waals surface area contributed by atoms with Crippen LogP contribution in [0.15, 0.2) is 41.5 Å². The third kappa shape index (κ3) is 4.80. The van der Waals surface area contributed by atoms with E-state index in [1.807, 2.05) is 0 Å². The Morgan fingerprint density at radius 1 is 0.933 bits per heavy atom. The second kappa shape index (κ2) is 11.0. The van der Waals surface area contributed by atoms with E-state index in [1.54, 1.807) is 39.0 Å². The molecule has 2 saturated carbocycles. The Morgan fingerprint density at radius 2 is 1.56 bits per heavy atom. The van der Waals surface area contributed by atoms with Gasteiger partial charge in [-0.25, -0.2) is 4.79 Å². The molecule has 1 heterocycles. The van der Waals surface area contributed by atoms with Gasteiger partial charge in [0.2, 0.25) is 0 Å². The van der Waals surface area contributed by atoms with Crippen molar-refractivity contribution in [1.29, 1.82) is 0 Å². The van der Waals surface area contributed by atoms with Crippen LogP contribution < -0.4 is 0 Å². The molecule has 45 heavy (non-hydrogen) atoms. The van der Waals surface area contributed by atoms with Crippen molar-refractivity contribution in [3.05, 3.63) is 47.0 Å². The zero-order valence-corrected chi connectivity index (χ0v) is 26.4. The van der Waals surface area contributed by atoms with Gasteiger partial charge < -0.3 is 33.9 Å². The molecule has 0 aromatic heterocycles. The summed E-state index contributed by atoms with van der Waals surface area (Å²) in [6.45, 7) is 9.60. The molecule has 1 aliphatic heterocycles. The Kier molecular flexibility index (Phi) is 8.03. The van der Waals surface area contributed by atoms with Crippen LogP contribution in [-0.4, -0.2) is 88.2 Å². The molecule has 9 atom stereocenters. The summed E-state index contributed by atoms with van der Waals surface area (Å²) in [6.07, 6.45) is -7.20. The summed E-state index contributed by atoms with van der Waals surface area (Å²) in [4.78, 5) is 66.3. The zero-order chi connectivity index (χ0) is 33.3. The maximum absolute atomic E-state index is 15.0. The van der Waals surface area contributed by atoms with E-state index in [4.69, 9.17) is 23.7 Å². The molecule has 4 aliphatic rings. The molecule has 1 saturated heterocycles. The number of Topliss-reactive ketones (excluding diaryl/α,β-unsaturated/α-hetero) is 1. The van der Waals surface area contributed by atoms with E-state index in [2.05, 4.69) is 0 Å². The lowest BCUT2D eigenvalue weighted by molar-refractivity contribution is -0.346. The molecule has 12 heteroatoms. The van der Waals surface area contributed by atoms with Gasteiger partial charge in [0.15, 0.2) is 17.5 Å². The molecule has 3 aliphatic carbocycles. The second-order valence-corrected chi connectivity index (χ2v) is 13.4. The van der Waals surface area contributed by atoms with Crippen LogP contribution in [-0.2, 0) is 42.9 Å². The van der Waals surface area contributed by atoms with Crippen molar-refractivity contribution >= 4 is 29.7 Å². The minimum Gasteiger partial charge on any atom is -0.458 e. The highest BCUT2D eigenvalue weighted by atomic mass is 16.6. The number of benzene rings is 1. The number of carbonyl (C=O) groups is 5. The molecular weight excluding hydrogens is 588 g/mol. The molecule has 0 spiro atoms. The van der Waals surface area contributed by atoms with Gasteiger partial charge in [0.1, 0.15) is 23.9 Å². The van der Waals surface area contributed by atoms with Gasteiger partial charge in [-0.2, -0.15) is 0 Å². The summed E-state index contributed by atoms with van der Waals surface area (Å²) in [5.74, 6) is -5.20. The lowest BCUT2D eigenvalue weighted by Crippen LogP contribution is -2.82. The Labute approximate surface area is 261 Å². The summed E-state index contributed by atoms with van der Waals surface area (Å²) < 4.78 is 29.4. The van der Waals surface area contributed by atoms with E-state index in [0.717, 1.165) is 6.92 Å². The largest absolute Gasteiger partial charge is 0.458 e. The van der Waals surface area contributed by atoms with Crippen molar-refractivity contribution in [2.24, 2.45) is 16.7 Å². The van der Waals surface area contributed by atoms with E-state index in [-0.39, 0.29) is 30.6 Å². The molecule has 1 aromatic carbocycles. The first-order valence-corrected chi connectivity index (χ1v) is 15.0. The molecule has 0 amide bonds. The van der Waals surface area contributed by atoms with Crippen molar-refractivity contribution in [1.82, 2.24) is 0 Å². The first kappa shape index (κ1) is 32.8. The van der Waals surface area contributed by atoms with Crippen LogP contribution >= 0.6 is 0 Å². The van der Waals surface area contributed by atoms with Gasteiger partial charge in [-0.3, -0.25) is 19.2 Å².